The quantitative estimate of drug-likeness (QED) is 0.860. The molecule has 2 aromatic carbocycles. The van der Waals surface area contributed by atoms with Gasteiger partial charge in [-0.3, -0.25) is 0 Å². The van der Waals surface area contributed by atoms with Gasteiger partial charge in [0.2, 0.25) is 0 Å². The van der Waals surface area contributed by atoms with E-state index in [2.05, 4.69) is 5.32 Å². The van der Waals surface area contributed by atoms with Crippen molar-refractivity contribution in [3.05, 3.63) is 59.9 Å². The molecule has 0 fully saturated rings. The predicted molar refractivity (Wildman–Crippen MR) is 82.5 cm³/mol. The Morgan fingerprint density at radius 2 is 1.58 bits per heavy atom. The summed E-state index contributed by atoms with van der Waals surface area (Å²) in [6, 6.07) is 14.1. The molecule has 1 N–H and O–H groups in total. The molecule has 0 radical (unpaired) electrons. The molecule has 0 saturated carbocycles. The second kappa shape index (κ2) is 5.80. The number of hydrogen-bond acceptors (Lipinski definition) is 2. The van der Waals surface area contributed by atoms with Crippen LogP contribution in [-0.2, 0) is 0 Å². The second-order valence-corrected chi connectivity index (χ2v) is 4.81. The molecule has 0 heterocycles. The van der Waals surface area contributed by atoms with Gasteiger partial charge in [0.05, 0.1) is 0 Å². The maximum absolute atomic E-state index is 12.8. The third-order valence-electron chi connectivity index (χ3n) is 2.75. The summed E-state index contributed by atoms with van der Waals surface area (Å²) >= 11 is 5.29. The zero-order valence-electron chi connectivity index (χ0n) is 10.9. The highest BCUT2D eigenvalue weighted by molar-refractivity contribution is 7.81. The number of halogens is 1. The van der Waals surface area contributed by atoms with Crippen LogP contribution in [0.15, 0.2) is 48.5 Å². The summed E-state index contributed by atoms with van der Waals surface area (Å²) in [4.78, 5) is 2.61. The fourth-order valence-electron chi connectivity index (χ4n) is 1.65. The van der Waals surface area contributed by atoms with E-state index in [0.717, 1.165) is 16.9 Å². The highest BCUT2D eigenvalue weighted by atomic mass is 32.1. The van der Waals surface area contributed by atoms with Crippen molar-refractivity contribution in [3.63, 3.8) is 0 Å². The van der Waals surface area contributed by atoms with Crippen LogP contribution in [0.2, 0.25) is 0 Å². The molecule has 19 heavy (non-hydrogen) atoms. The van der Waals surface area contributed by atoms with Crippen molar-refractivity contribution in [2.24, 2.45) is 0 Å². The smallest absolute Gasteiger partial charge is 0.123 e. The molecule has 0 unspecified atom stereocenters. The summed E-state index contributed by atoms with van der Waals surface area (Å²) in [6.45, 7) is 0. The van der Waals surface area contributed by atoms with Crippen LogP contribution in [0.1, 0.15) is 5.56 Å². The molecular weight excluding hydrogens is 259 g/mol. The first kappa shape index (κ1) is 13.5. The largest absolute Gasteiger partial charge is 0.378 e. The average molecular weight is 274 g/mol. The van der Waals surface area contributed by atoms with Gasteiger partial charge in [-0.05, 0) is 48.5 Å². The van der Waals surface area contributed by atoms with Crippen LogP contribution in [-0.4, -0.2) is 19.1 Å². The first-order valence-electron chi connectivity index (χ1n) is 5.90. The topological polar surface area (TPSA) is 15.3 Å². The fraction of sp³-hybridized carbons (Fsp3) is 0.133. The lowest BCUT2D eigenvalue weighted by molar-refractivity contribution is 0.628. The average Bonchev–Trinajstić information content (AvgIpc) is 2.40. The van der Waals surface area contributed by atoms with E-state index in [1.807, 2.05) is 43.3 Å². The molecule has 0 aromatic heterocycles. The molecule has 2 nitrogen and oxygen atoms in total. The summed E-state index contributed by atoms with van der Waals surface area (Å²) in [7, 11) is 3.98. The number of anilines is 2. The first-order chi connectivity index (χ1) is 9.06. The van der Waals surface area contributed by atoms with Gasteiger partial charge in [-0.1, -0.05) is 12.2 Å². The fourth-order valence-corrected chi connectivity index (χ4v) is 1.90. The molecule has 0 aliphatic carbocycles. The van der Waals surface area contributed by atoms with Crippen molar-refractivity contribution in [2.75, 3.05) is 24.3 Å². The Hall–Kier alpha value is -1.94. The van der Waals surface area contributed by atoms with E-state index in [9.17, 15) is 4.39 Å². The van der Waals surface area contributed by atoms with Gasteiger partial charge in [-0.2, -0.15) is 0 Å². The van der Waals surface area contributed by atoms with E-state index in [0.29, 0.717) is 4.99 Å². The zero-order valence-corrected chi connectivity index (χ0v) is 11.7. The SMILES string of the molecule is CN(C)c1ccc(NC(=S)c2ccc(F)cc2)cc1. The maximum Gasteiger partial charge on any atom is 0.123 e. The number of hydrogen-bond donors (Lipinski definition) is 1. The molecule has 0 bridgehead atoms. The van der Waals surface area contributed by atoms with E-state index in [1.165, 1.54) is 12.1 Å². The van der Waals surface area contributed by atoms with Crippen molar-refractivity contribution in [1.82, 2.24) is 0 Å². The lowest BCUT2D eigenvalue weighted by atomic mass is 10.2. The maximum atomic E-state index is 12.8. The molecule has 0 atom stereocenters. The van der Waals surface area contributed by atoms with Gasteiger partial charge in [0.15, 0.2) is 0 Å². The number of thiocarbonyl (C=S) groups is 1. The summed E-state index contributed by atoms with van der Waals surface area (Å²) in [5, 5.41) is 3.13. The van der Waals surface area contributed by atoms with Crippen LogP contribution >= 0.6 is 12.2 Å². The van der Waals surface area contributed by atoms with E-state index >= 15 is 0 Å². The van der Waals surface area contributed by atoms with Crippen LogP contribution in [0.3, 0.4) is 0 Å². The predicted octanol–water partition coefficient (Wildman–Crippen LogP) is 3.68. The molecule has 0 spiro atoms. The Kier molecular flexibility index (Phi) is 4.12. The highest BCUT2D eigenvalue weighted by Gasteiger charge is 2.02. The Morgan fingerprint density at radius 3 is 2.11 bits per heavy atom. The number of rotatable bonds is 3. The summed E-state index contributed by atoms with van der Waals surface area (Å²) in [5.74, 6) is -0.262. The molecule has 0 aliphatic heterocycles. The lowest BCUT2D eigenvalue weighted by Crippen LogP contribution is -2.11. The standard InChI is InChI=1S/C15H15FN2S/c1-18(2)14-9-7-13(8-10-14)17-15(19)11-3-5-12(16)6-4-11/h3-10H,1-2H3,(H,17,19). The Morgan fingerprint density at radius 1 is 1.00 bits per heavy atom. The van der Waals surface area contributed by atoms with Crippen LogP contribution in [0, 0.1) is 5.82 Å². The normalized spacial score (nSPS) is 10.1. The molecule has 2 aromatic rings. The van der Waals surface area contributed by atoms with Crippen molar-refractivity contribution in [1.29, 1.82) is 0 Å². The van der Waals surface area contributed by atoms with Crippen molar-refractivity contribution in [2.45, 2.75) is 0 Å². The van der Waals surface area contributed by atoms with Crippen LogP contribution in [0.5, 0.6) is 0 Å². The molecule has 2 rings (SSSR count). The van der Waals surface area contributed by atoms with Crippen molar-refractivity contribution >= 4 is 28.6 Å². The van der Waals surface area contributed by atoms with Gasteiger partial charge in [0, 0.05) is 31.0 Å². The monoisotopic (exact) mass is 274 g/mol. The Balaban J connectivity index is 2.08. The van der Waals surface area contributed by atoms with E-state index in [1.54, 1.807) is 12.1 Å². The summed E-state index contributed by atoms with van der Waals surface area (Å²) in [6.07, 6.45) is 0. The zero-order chi connectivity index (χ0) is 13.8. The van der Waals surface area contributed by atoms with Gasteiger partial charge < -0.3 is 10.2 Å². The van der Waals surface area contributed by atoms with Crippen molar-refractivity contribution < 1.29 is 4.39 Å². The van der Waals surface area contributed by atoms with E-state index < -0.39 is 0 Å². The van der Waals surface area contributed by atoms with Gasteiger partial charge in [-0.25, -0.2) is 4.39 Å². The molecule has 0 saturated heterocycles. The number of benzene rings is 2. The second-order valence-electron chi connectivity index (χ2n) is 4.40. The minimum absolute atomic E-state index is 0.262. The minimum atomic E-state index is -0.262. The molecule has 98 valence electrons. The Bertz CT molecular complexity index is 562. The minimum Gasteiger partial charge on any atom is -0.378 e. The van der Waals surface area contributed by atoms with Gasteiger partial charge >= 0.3 is 0 Å². The first-order valence-corrected chi connectivity index (χ1v) is 6.31. The summed E-state index contributed by atoms with van der Waals surface area (Å²) < 4.78 is 12.8. The molecule has 4 heteroatoms. The van der Waals surface area contributed by atoms with Gasteiger partial charge in [0.25, 0.3) is 0 Å². The molecule has 0 amide bonds. The van der Waals surface area contributed by atoms with Gasteiger partial charge in [-0.15, -0.1) is 0 Å². The van der Waals surface area contributed by atoms with E-state index in [4.69, 9.17) is 12.2 Å². The highest BCUT2D eigenvalue weighted by Crippen LogP contribution is 2.16. The van der Waals surface area contributed by atoms with Crippen LogP contribution in [0.4, 0.5) is 15.8 Å². The van der Waals surface area contributed by atoms with Gasteiger partial charge in [0.1, 0.15) is 10.8 Å². The third-order valence-corrected chi connectivity index (χ3v) is 3.09. The third kappa shape index (κ3) is 3.51. The molecule has 0 aliphatic rings. The van der Waals surface area contributed by atoms with Crippen molar-refractivity contribution in [3.8, 4) is 0 Å². The number of nitrogens with zero attached hydrogens (tertiary/aromatic N) is 1. The summed E-state index contributed by atoms with van der Waals surface area (Å²) in [5.41, 5.74) is 2.84. The number of nitrogens with one attached hydrogen (secondary N) is 1. The van der Waals surface area contributed by atoms with Crippen LogP contribution < -0.4 is 10.2 Å². The Labute approximate surface area is 117 Å². The van der Waals surface area contributed by atoms with E-state index in [-0.39, 0.29) is 5.82 Å². The lowest BCUT2D eigenvalue weighted by Gasteiger charge is -2.13. The molecular formula is C15H15FN2S. The van der Waals surface area contributed by atoms with Crippen LogP contribution in [0.25, 0.3) is 0 Å².